The summed E-state index contributed by atoms with van der Waals surface area (Å²) in [6, 6.07) is 2.42. The van der Waals surface area contributed by atoms with Crippen LogP contribution in [0.25, 0.3) is 15.2 Å². The third-order valence-electron chi connectivity index (χ3n) is 2.59. The monoisotopic (exact) mass is 336 g/mol. The first kappa shape index (κ1) is 14.0. The van der Waals surface area contributed by atoms with Gasteiger partial charge in [0.25, 0.3) is 0 Å². The van der Waals surface area contributed by atoms with Crippen LogP contribution < -0.4 is 4.74 Å². The van der Waals surface area contributed by atoms with Crippen molar-refractivity contribution in [2.24, 2.45) is 0 Å². The van der Waals surface area contributed by atoms with Crippen LogP contribution in [-0.2, 0) is 0 Å². The van der Waals surface area contributed by atoms with Crippen molar-refractivity contribution in [1.82, 2.24) is 9.38 Å². The molecule has 3 aromatic rings. The molecule has 1 N–H and O–H groups in total. The molecule has 3 rings (SSSR count). The van der Waals surface area contributed by atoms with Gasteiger partial charge in [-0.25, -0.2) is 9.78 Å². The molecule has 0 radical (unpaired) electrons. The molecule has 21 heavy (non-hydrogen) atoms. The fourth-order valence-electron chi connectivity index (χ4n) is 1.81. The van der Waals surface area contributed by atoms with Crippen molar-refractivity contribution in [3.8, 4) is 5.75 Å². The van der Waals surface area contributed by atoms with Crippen LogP contribution in [0.1, 0.15) is 10.5 Å². The Labute approximate surface area is 123 Å². The Bertz CT molecular complexity index is 871. The molecule has 0 atom stereocenters. The Kier molecular flexibility index (Phi) is 2.99. The predicted molar refractivity (Wildman–Crippen MR) is 69.2 cm³/mol. The number of carboxylic acids is 1. The maximum absolute atomic E-state index is 12.2. The van der Waals surface area contributed by atoms with E-state index in [2.05, 4.69) is 9.72 Å². The predicted octanol–water partition coefficient (Wildman–Crippen LogP) is 3.80. The molecule has 10 heteroatoms. The number of thiazole rings is 1. The van der Waals surface area contributed by atoms with Gasteiger partial charge in [-0.3, -0.25) is 4.40 Å². The van der Waals surface area contributed by atoms with Crippen molar-refractivity contribution in [2.45, 2.75) is 6.36 Å². The van der Waals surface area contributed by atoms with Gasteiger partial charge in [0, 0.05) is 12.3 Å². The van der Waals surface area contributed by atoms with Gasteiger partial charge in [-0.1, -0.05) is 22.9 Å². The van der Waals surface area contributed by atoms with Crippen molar-refractivity contribution in [3.05, 3.63) is 29.0 Å². The van der Waals surface area contributed by atoms with Crippen LogP contribution in [0.4, 0.5) is 13.2 Å². The van der Waals surface area contributed by atoms with Crippen LogP contribution in [0, 0.1) is 0 Å². The fraction of sp³-hybridized carbons (Fsp3) is 0.0909. The van der Waals surface area contributed by atoms with Gasteiger partial charge in [0.15, 0.2) is 10.7 Å². The number of ether oxygens (including phenoxy) is 1. The normalized spacial score (nSPS) is 12.2. The molecule has 5 nitrogen and oxygen atoms in total. The summed E-state index contributed by atoms with van der Waals surface area (Å²) in [5.41, 5.74) is 0.296. The summed E-state index contributed by atoms with van der Waals surface area (Å²) in [5, 5.41) is 8.63. The molecular formula is C11H4ClF3N2O3S. The largest absolute Gasteiger partial charge is 0.573 e. The summed E-state index contributed by atoms with van der Waals surface area (Å²) in [7, 11) is 0. The fourth-order valence-corrected chi connectivity index (χ4v) is 3.02. The highest BCUT2D eigenvalue weighted by molar-refractivity contribution is 7.23. The standard InChI is InChI=1S/C11H4ClF3N2O3S/c12-4-1-6-8(2-7(4)20-11(13,14)15)21-10-16-5(9(18)19)3-17(6)10/h1-3H,(H,18,19). The molecular weight excluding hydrogens is 333 g/mol. The van der Waals surface area contributed by atoms with E-state index in [9.17, 15) is 18.0 Å². The average Bonchev–Trinajstić information content (AvgIpc) is 2.86. The molecule has 2 heterocycles. The second kappa shape index (κ2) is 4.50. The van der Waals surface area contributed by atoms with E-state index in [0.717, 1.165) is 17.4 Å². The molecule has 0 amide bonds. The first-order valence-electron chi connectivity index (χ1n) is 5.35. The van der Waals surface area contributed by atoms with Gasteiger partial charge in [0.05, 0.1) is 15.2 Å². The Balaban J connectivity index is 2.17. The first-order chi connectivity index (χ1) is 9.74. The number of carbonyl (C=O) groups is 1. The SMILES string of the molecule is O=C(O)c1cn2c(n1)sc1cc(OC(F)(F)F)c(Cl)cc12. The molecule has 110 valence electrons. The van der Waals surface area contributed by atoms with E-state index >= 15 is 0 Å². The van der Waals surface area contributed by atoms with Gasteiger partial charge >= 0.3 is 12.3 Å². The van der Waals surface area contributed by atoms with Crippen LogP contribution in [0.3, 0.4) is 0 Å². The highest BCUT2D eigenvalue weighted by Crippen LogP contribution is 2.37. The van der Waals surface area contributed by atoms with Crippen molar-refractivity contribution < 1.29 is 27.8 Å². The lowest BCUT2D eigenvalue weighted by Gasteiger charge is -2.10. The molecule has 0 aliphatic carbocycles. The summed E-state index contributed by atoms with van der Waals surface area (Å²) in [4.78, 5) is 15.0. The zero-order valence-electron chi connectivity index (χ0n) is 9.81. The van der Waals surface area contributed by atoms with E-state index < -0.39 is 18.1 Å². The number of carboxylic acid groups (broad SMARTS) is 1. The molecule has 0 saturated carbocycles. The molecule has 1 aromatic carbocycles. The van der Waals surface area contributed by atoms with Crippen molar-refractivity contribution in [2.75, 3.05) is 0 Å². The van der Waals surface area contributed by atoms with Crippen LogP contribution >= 0.6 is 22.9 Å². The number of imidazole rings is 1. The van der Waals surface area contributed by atoms with Crippen LogP contribution in [0.5, 0.6) is 5.75 Å². The van der Waals surface area contributed by atoms with E-state index in [0.29, 0.717) is 15.2 Å². The maximum atomic E-state index is 12.2. The van der Waals surface area contributed by atoms with Crippen LogP contribution in [0.2, 0.25) is 5.02 Å². The Morgan fingerprint density at radius 1 is 1.43 bits per heavy atom. The zero-order chi connectivity index (χ0) is 15.4. The number of rotatable bonds is 2. The molecule has 0 aliphatic heterocycles. The second-order valence-corrected chi connectivity index (χ2v) is 5.40. The highest BCUT2D eigenvalue weighted by Gasteiger charge is 2.32. The number of alkyl halides is 3. The topological polar surface area (TPSA) is 63.8 Å². The minimum atomic E-state index is -4.84. The van der Waals surface area contributed by atoms with Gasteiger partial charge in [0.1, 0.15) is 5.75 Å². The first-order valence-corrected chi connectivity index (χ1v) is 6.54. The van der Waals surface area contributed by atoms with E-state index in [4.69, 9.17) is 16.7 Å². The lowest BCUT2D eigenvalue weighted by molar-refractivity contribution is -0.274. The smallest absolute Gasteiger partial charge is 0.476 e. The van der Waals surface area contributed by atoms with Gasteiger partial charge in [-0.15, -0.1) is 13.2 Å². The lowest BCUT2D eigenvalue weighted by atomic mass is 10.3. The minimum Gasteiger partial charge on any atom is -0.476 e. The van der Waals surface area contributed by atoms with Crippen LogP contribution in [0.15, 0.2) is 18.3 Å². The van der Waals surface area contributed by atoms with Crippen molar-refractivity contribution in [1.29, 1.82) is 0 Å². The number of halogens is 4. The molecule has 0 saturated heterocycles. The third kappa shape index (κ3) is 2.49. The summed E-state index contributed by atoms with van der Waals surface area (Å²) >= 11 is 6.80. The summed E-state index contributed by atoms with van der Waals surface area (Å²) < 4.78 is 42.5. The van der Waals surface area contributed by atoms with Gasteiger partial charge in [-0.05, 0) is 6.07 Å². The van der Waals surface area contributed by atoms with E-state index in [1.54, 1.807) is 0 Å². The quantitative estimate of drug-likeness (QED) is 0.773. The molecule has 0 fully saturated rings. The molecule has 0 aliphatic rings. The molecule has 0 spiro atoms. The molecule has 0 unspecified atom stereocenters. The van der Waals surface area contributed by atoms with E-state index in [-0.39, 0.29) is 10.7 Å². The van der Waals surface area contributed by atoms with Gasteiger partial charge < -0.3 is 9.84 Å². The Morgan fingerprint density at radius 2 is 2.14 bits per heavy atom. The third-order valence-corrected chi connectivity index (χ3v) is 3.91. The highest BCUT2D eigenvalue weighted by atomic mass is 35.5. The van der Waals surface area contributed by atoms with Crippen molar-refractivity contribution >= 4 is 44.1 Å². The molecule has 0 bridgehead atoms. The average molecular weight is 337 g/mol. The van der Waals surface area contributed by atoms with E-state index in [1.165, 1.54) is 16.7 Å². The second-order valence-electron chi connectivity index (χ2n) is 3.98. The lowest BCUT2D eigenvalue weighted by Crippen LogP contribution is -2.17. The van der Waals surface area contributed by atoms with Crippen LogP contribution in [-0.4, -0.2) is 26.8 Å². The van der Waals surface area contributed by atoms with Gasteiger partial charge in [0.2, 0.25) is 0 Å². The maximum Gasteiger partial charge on any atom is 0.573 e. The Hall–Kier alpha value is -2.00. The number of aromatic nitrogens is 2. The number of hydrogen-bond donors (Lipinski definition) is 1. The number of fused-ring (bicyclic) bond motifs is 3. The summed E-state index contributed by atoms with van der Waals surface area (Å²) in [6.07, 6.45) is -3.57. The zero-order valence-corrected chi connectivity index (χ0v) is 11.4. The Morgan fingerprint density at radius 3 is 2.76 bits per heavy atom. The number of hydrogen-bond acceptors (Lipinski definition) is 4. The summed E-state index contributed by atoms with van der Waals surface area (Å²) in [6.45, 7) is 0. The summed E-state index contributed by atoms with van der Waals surface area (Å²) in [5.74, 6) is -1.71. The van der Waals surface area contributed by atoms with Gasteiger partial charge in [-0.2, -0.15) is 0 Å². The van der Waals surface area contributed by atoms with E-state index in [1.807, 2.05) is 0 Å². The number of benzene rings is 1. The molecule has 2 aromatic heterocycles. The minimum absolute atomic E-state index is 0.158. The number of nitrogens with zero attached hydrogens (tertiary/aromatic N) is 2. The van der Waals surface area contributed by atoms with Crippen molar-refractivity contribution in [3.63, 3.8) is 0 Å². The number of aromatic carboxylic acids is 1.